The minimum atomic E-state index is -0.492. The fourth-order valence-corrected chi connectivity index (χ4v) is 3.80. The number of esters is 1. The highest BCUT2D eigenvalue weighted by Crippen LogP contribution is 2.31. The number of hydrogen-bond acceptors (Lipinski definition) is 6. The summed E-state index contributed by atoms with van der Waals surface area (Å²) in [4.78, 5) is 19.6. The van der Waals surface area contributed by atoms with Crippen molar-refractivity contribution in [1.29, 1.82) is 0 Å². The van der Waals surface area contributed by atoms with Crippen molar-refractivity contribution in [2.45, 2.75) is 12.6 Å². The van der Waals surface area contributed by atoms with Crippen LogP contribution in [-0.4, -0.2) is 28.1 Å². The van der Waals surface area contributed by atoms with Gasteiger partial charge in [0.1, 0.15) is 0 Å². The number of aromatic amines is 1. The van der Waals surface area contributed by atoms with Gasteiger partial charge in [-0.05, 0) is 58.8 Å². The summed E-state index contributed by atoms with van der Waals surface area (Å²) in [5, 5.41) is 13.3. The number of rotatable bonds is 9. The second-order valence-electron chi connectivity index (χ2n) is 7.71. The maximum absolute atomic E-state index is 12.2. The average molecular weight is 490 g/mol. The van der Waals surface area contributed by atoms with Gasteiger partial charge in [-0.3, -0.25) is 0 Å². The molecule has 0 aliphatic rings. The number of methoxy groups -OCH3 is 1. The van der Waals surface area contributed by atoms with Crippen LogP contribution >= 0.6 is 11.6 Å². The summed E-state index contributed by atoms with van der Waals surface area (Å²) >= 11 is 6.03. The number of nitrogens with two attached hydrogens (primary N) is 1. The Hall–Kier alpha value is -4.37. The first-order chi connectivity index (χ1) is 17.0. The molecular formula is C25H24ClN7O2. The van der Waals surface area contributed by atoms with Crippen LogP contribution < -0.4 is 11.2 Å². The van der Waals surface area contributed by atoms with Gasteiger partial charge in [-0.15, -0.1) is 0 Å². The zero-order valence-corrected chi connectivity index (χ0v) is 19.7. The minimum absolute atomic E-state index is 0.351. The molecule has 1 heterocycles. The van der Waals surface area contributed by atoms with Crippen LogP contribution in [0.1, 0.15) is 27.5 Å². The molecule has 10 heteroatoms. The molecule has 0 aliphatic carbocycles. The highest BCUT2D eigenvalue weighted by Gasteiger charge is 2.23. The number of aromatic nitrogens is 2. The van der Waals surface area contributed by atoms with E-state index in [9.17, 15) is 4.79 Å². The fourth-order valence-electron chi connectivity index (χ4n) is 3.68. The van der Waals surface area contributed by atoms with Crippen LogP contribution in [0.25, 0.3) is 11.0 Å². The van der Waals surface area contributed by atoms with Gasteiger partial charge in [0.15, 0.2) is 0 Å². The summed E-state index contributed by atoms with van der Waals surface area (Å²) in [6, 6.07) is 19.8. The topological polar surface area (TPSA) is 121 Å². The lowest BCUT2D eigenvalue weighted by Crippen LogP contribution is -2.25. The third-order valence-electron chi connectivity index (χ3n) is 5.44. The molecule has 0 saturated carbocycles. The number of anilines is 1. The number of H-pyrrole nitrogens is 1. The fraction of sp³-hybridized carbons (Fsp3) is 0.120. The number of carbonyl (C=O) groups is 1. The molecule has 4 N–H and O–H groups in total. The van der Waals surface area contributed by atoms with E-state index < -0.39 is 12.0 Å². The van der Waals surface area contributed by atoms with E-state index in [4.69, 9.17) is 22.2 Å². The van der Waals surface area contributed by atoms with Gasteiger partial charge < -0.3 is 20.9 Å². The Bertz CT molecular complexity index is 1370. The van der Waals surface area contributed by atoms with Crippen LogP contribution in [0.3, 0.4) is 0 Å². The van der Waals surface area contributed by atoms with E-state index in [1.165, 1.54) is 7.11 Å². The lowest BCUT2D eigenvalue weighted by atomic mass is 10.0. The van der Waals surface area contributed by atoms with E-state index in [-0.39, 0.29) is 0 Å². The van der Waals surface area contributed by atoms with E-state index in [0.717, 1.165) is 27.8 Å². The zero-order valence-electron chi connectivity index (χ0n) is 19.0. The number of hydrogen-bond donors (Lipinski definition) is 3. The third kappa shape index (κ3) is 5.59. The molecule has 9 nitrogen and oxygen atoms in total. The molecule has 1 unspecified atom stereocenters. The Balaban J connectivity index is 1.71. The Kier molecular flexibility index (Phi) is 7.27. The van der Waals surface area contributed by atoms with E-state index in [2.05, 4.69) is 32.3 Å². The Morgan fingerprint density at radius 3 is 2.77 bits per heavy atom. The number of ether oxygens (including phenoxy) is 1. The predicted molar refractivity (Wildman–Crippen MR) is 135 cm³/mol. The molecule has 0 spiro atoms. The summed E-state index contributed by atoms with van der Waals surface area (Å²) < 4.78 is 4.90. The average Bonchev–Trinajstić information content (AvgIpc) is 3.35. The number of nitrogens with one attached hydrogen (secondary N) is 2. The number of carbonyl (C=O) groups excluding carboxylic acids is 1. The standard InChI is InChI=1S/C25H24ClN7O2/c1-16(33(32-31-27)14-17-6-8-20(26)9-7-17)24(18-4-3-5-19(12-18)25(34)35-2)30-21-10-11-22-23(13-21)29-15-28-22/h3-13,15,24,30H,1,14H2,2H3,(H2,27,32)(H,28,29). The quantitative estimate of drug-likeness (QED) is 0.125. The first-order valence-corrected chi connectivity index (χ1v) is 11.1. The van der Waals surface area contributed by atoms with E-state index in [0.29, 0.717) is 22.8 Å². The maximum Gasteiger partial charge on any atom is 0.337 e. The first-order valence-electron chi connectivity index (χ1n) is 10.7. The van der Waals surface area contributed by atoms with Gasteiger partial charge in [0, 0.05) is 10.7 Å². The molecule has 3 aromatic carbocycles. The van der Waals surface area contributed by atoms with Crippen molar-refractivity contribution in [3.63, 3.8) is 0 Å². The first kappa shape index (κ1) is 23.8. The predicted octanol–water partition coefficient (Wildman–Crippen LogP) is 5.41. The van der Waals surface area contributed by atoms with Gasteiger partial charge in [0.05, 0.1) is 48.3 Å². The van der Waals surface area contributed by atoms with Crippen LogP contribution in [0.15, 0.2) is 95.8 Å². The molecule has 178 valence electrons. The second kappa shape index (κ2) is 10.7. The molecule has 1 aromatic heterocycles. The van der Waals surface area contributed by atoms with Gasteiger partial charge in [-0.2, -0.15) is 0 Å². The summed E-state index contributed by atoms with van der Waals surface area (Å²) in [6.07, 6.45) is 1.64. The van der Waals surface area contributed by atoms with Gasteiger partial charge in [0.25, 0.3) is 0 Å². The third-order valence-corrected chi connectivity index (χ3v) is 5.70. The van der Waals surface area contributed by atoms with Gasteiger partial charge >= 0.3 is 5.97 Å². The lowest BCUT2D eigenvalue weighted by Gasteiger charge is -2.29. The second-order valence-corrected chi connectivity index (χ2v) is 8.15. The monoisotopic (exact) mass is 489 g/mol. The maximum atomic E-state index is 12.2. The molecular weight excluding hydrogens is 466 g/mol. The Morgan fingerprint density at radius 2 is 2.03 bits per heavy atom. The molecule has 0 bridgehead atoms. The molecule has 0 amide bonds. The molecule has 0 radical (unpaired) electrons. The molecule has 4 rings (SSSR count). The number of nitrogens with zero attached hydrogens (tertiary/aromatic N) is 4. The number of halogens is 1. The van der Waals surface area contributed by atoms with Gasteiger partial charge in [-0.25, -0.2) is 14.8 Å². The summed E-state index contributed by atoms with van der Waals surface area (Å²) in [5.41, 5.74) is 5.20. The molecule has 0 saturated heterocycles. The van der Waals surface area contributed by atoms with Crippen molar-refractivity contribution in [3.05, 3.63) is 107 Å². The van der Waals surface area contributed by atoms with Crippen molar-refractivity contribution in [2.75, 3.05) is 12.4 Å². The van der Waals surface area contributed by atoms with Crippen LogP contribution in [0.4, 0.5) is 5.69 Å². The lowest BCUT2D eigenvalue weighted by molar-refractivity contribution is 0.0600. The van der Waals surface area contributed by atoms with Crippen molar-refractivity contribution in [3.8, 4) is 0 Å². The highest BCUT2D eigenvalue weighted by atomic mass is 35.5. The van der Waals surface area contributed by atoms with E-state index in [1.54, 1.807) is 41.7 Å². The van der Waals surface area contributed by atoms with Crippen LogP contribution in [0, 0.1) is 0 Å². The Morgan fingerprint density at radius 1 is 1.23 bits per heavy atom. The van der Waals surface area contributed by atoms with Gasteiger partial charge in [-0.1, -0.05) is 47.7 Å². The van der Waals surface area contributed by atoms with Crippen LogP contribution in [0.5, 0.6) is 0 Å². The normalized spacial score (nSPS) is 11.9. The molecule has 1 atom stereocenters. The van der Waals surface area contributed by atoms with E-state index in [1.807, 2.05) is 36.4 Å². The summed E-state index contributed by atoms with van der Waals surface area (Å²) in [6.45, 7) is 4.65. The SMILES string of the molecule is C=C(C(Nc1ccc2[nH]cnc2c1)c1cccc(C(=O)OC)c1)N(Cc1ccc(Cl)cc1)/N=N\N. The largest absolute Gasteiger partial charge is 0.465 e. The minimum Gasteiger partial charge on any atom is -0.465 e. The van der Waals surface area contributed by atoms with Crippen molar-refractivity contribution < 1.29 is 9.53 Å². The van der Waals surface area contributed by atoms with Crippen molar-refractivity contribution in [1.82, 2.24) is 15.0 Å². The van der Waals surface area contributed by atoms with Gasteiger partial charge in [0.2, 0.25) is 0 Å². The summed E-state index contributed by atoms with van der Waals surface area (Å²) in [5.74, 6) is 4.99. The number of imidazole rings is 1. The van der Waals surface area contributed by atoms with Crippen molar-refractivity contribution >= 4 is 34.3 Å². The highest BCUT2D eigenvalue weighted by molar-refractivity contribution is 6.30. The molecule has 35 heavy (non-hydrogen) atoms. The molecule has 4 aromatic rings. The zero-order chi connectivity index (χ0) is 24.8. The number of fused-ring (bicyclic) bond motifs is 1. The van der Waals surface area contributed by atoms with E-state index >= 15 is 0 Å². The summed E-state index contributed by atoms with van der Waals surface area (Å²) in [7, 11) is 1.35. The molecule has 0 fully saturated rings. The Labute approximate surface area is 207 Å². The van der Waals surface area contributed by atoms with Crippen molar-refractivity contribution in [2.24, 2.45) is 16.3 Å². The molecule has 0 aliphatic heterocycles. The number of benzene rings is 3. The van der Waals surface area contributed by atoms with Crippen LogP contribution in [-0.2, 0) is 11.3 Å². The van der Waals surface area contributed by atoms with Crippen LogP contribution in [0.2, 0.25) is 5.02 Å². The smallest absolute Gasteiger partial charge is 0.337 e.